The van der Waals surface area contributed by atoms with E-state index in [4.69, 9.17) is 11.6 Å². The molecule has 90 valence electrons. The van der Waals surface area contributed by atoms with Gasteiger partial charge in [0.2, 0.25) is 0 Å². The minimum Gasteiger partial charge on any atom is -0.126 e. The molecule has 0 nitrogen and oxygen atoms in total. The molecule has 0 radical (unpaired) electrons. The molecule has 2 heteroatoms. The molecule has 0 saturated carbocycles. The van der Waals surface area contributed by atoms with E-state index < -0.39 is 0 Å². The van der Waals surface area contributed by atoms with E-state index >= 15 is 0 Å². The SMILES string of the molecule is CCSc1ccccc1.Cc1ccc(Cl)cc1. The van der Waals surface area contributed by atoms with Crippen LogP contribution in [0, 0.1) is 6.92 Å². The van der Waals surface area contributed by atoms with Crippen LogP contribution in [-0.2, 0) is 0 Å². The Morgan fingerprint density at radius 2 is 1.53 bits per heavy atom. The van der Waals surface area contributed by atoms with Gasteiger partial charge < -0.3 is 0 Å². The van der Waals surface area contributed by atoms with Crippen LogP contribution in [0.25, 0.3) is 0 Å². The molecular formula is C15H17ClS. The van der Waals surface area contributed by atoms with E-state index in [-0.39, 0.29) is 0 Å². The van der Waals surface area contributed by atoms with Gasteiger partial charge in [0.05, 0.1) is 0 Å². The normalized spacial score (nSPS) is 9.35. The molecule has 2 aromatic carbocycles. The quantitative estimate of drug-likeness (QED) is 0.650. The fourth-order valence-corrected chi connectivity index (χ4v) is 2.03. The predicted octanol–water partition coefficient (Wildman–Crippen LogP) is 5.45. The van der Waals surface area contributed by atoms with Crippen LogP contribution in [0.5, 0.6) is 0 Å². The maximum atomic E-state index is 5.61. The smallest absolute Gasteiger partial charge is 0.0406 e. The topological polar surface area (TPSA) is 0 Å². The van der Waals surface area contributed by atoms with Crippen LogP contribution in [0.3, 0.4) is 0 Å². The molecule has 0 amide bonds. The summed E-state index contributed by atoms with van der Waals surface area (Å²) >= 11 is 7.49. The molecule has 0 saturated heterocycles. The molecule has 0 aliphatic rings. The number of hydrogen-bond donors (Lipinski definition) is 0. The van der Waals surface area contributed by atoms with Crippen molar-refractivity contribution in [1.29, 1.82) is 0 Å². The first-order valence-electron chi connectivity index (χ1n) is 5.62. The van der Waals surface area contributed by atoms with Crippen molar-refractivity contribution >= 4 is 23.4 Å². The second-order valence-electron chi connectivity index (χ2n) is 3.54. The highest BCUT2D eigenvalue weighted by Gasteiger charge is 1.85. The first kappa shape index (κ1) is 14.1. The van der Waals surface area contributed by atoms with Crippen molar-refractivity contribution in [3.63, 3.8) is 0 Å². The largest absolute Gasteiger partial charge is 0.126 e. The summed E-state index contributed by atoms with van der Waals surface area (Å²) in [6.45, 7) is 4.20. The van der Waals surface area contributed by atoms with Gasteiger partial charge in [-0.05, 0) is 36.9 Å². The zero-order valence-corrected chi connectivity index (χ0v) is 11.8. The molecule has 0 aliphatic carbocycles. The molecule has 0 bridgehead atoms. The Morgan fingerprint density at radius 3 is 2.00 bits per heavy atom. The maximum Gasteiger partial charge on any atom is 0.0406 e. The standard InChI is InChI=1S/C8H10S.C7H7Cl/c1-2-9-8-6-4-3-5-7-8;1-6-2-4-7(8)5-3-6/h3-7H,2H2,1H3;2-5H,1H3. The number of thioether (sulfide) groups is 1. The van der Waals surface area contributed by atoms with Gasteiger partial charge in [-0.3, -0.25) is 0 Å². The van der Waals surface area contributed by atoms with Crippen LogP contribution in [0.15, 0.2) is 59.5 Å². The zero-order chi connectivity index (χ0) is 12.5. The van der Waals surface area contributed by atoms with Gasteiger partial charge in [0.25, 0.3) is 0 Å². The lowest BCUT2D eigenvalue weighted by molar-refractivity contribution is 1.43. The number of halogens is 1. The maximum absolute atomic E-state index is 5.61. The summed E-state index contributed by atoms with van der Waals surface area (Å²) in [5.41, 5.74) is 1.24. The molecule has 0 atom stereocenters. The third-order valence-electron chi connectivity index (χ3n) is 2.07. The van der Waals surface area contributed by atoms with Crippen molar-refractivity contribution < 1.29 is 0 Å². The fourth-order valence-electron chi connectivity index (χ4n) is 1.22. The average molecular weight is 265 g/mol. The second-order valence-corrected chi connectivity index (χ2v) is 5.32. The van der Waals surface area contributed by atoms with Crippen LogP contribution >= 0.6 is 23.4 Å². The lowest BCUT2D eigenvalue weighted by Crippen LogP contribution is -1.68. The molecule has 2 aromatic rings. The van der Waals surface area contributed by atoms with E-state index in [2.05, 4.69) is 31.2 Å². The van der Waals surface area contributed by atoms with E-state index in [9.17, 15) is 0 Å². The van der Waals surface area contributed by atoms with E-state index in [1.165, 1.54) is 10.5 Å². The fraction of sp³-hybridized carbons (Fsp3) is 0.200. The molecule has 0 aliphatic heterocycles. The van der Waals surface area contributed by atoms with Gasteiger partial charge in [0.15, 0.2) is 0 Å². The molecule has 0 fully saturated rings. The first-order valence-corrected chi connectivity index (χ1v) is 6.98. The van der Waals surface area contributed by atoms with E-state index in [0.29, 0.717) is 0 Å². The Kier molecular flexibility index (Phi) is 6.83. The van der Waals surface area contributed by atoms with Crippen LogP contribution in [0.2, 0.25) is 5.02 Å². The van der Waals surface area contributed by atoms with Gasteiger partial charge >= 0.3 is 0 Å². The Hall–Kier alpha value is -0.920. The van der Waals surface area contributed by atoms with E-state index in [1.807, 2.05) is 49.0 Å². The lowest BCUT2D eigenvalue weighted by atomic mass is 10.2. The molecule has 0 spiro atoms. The van der Waals surface area contributed by atoms with Crippen LogP contribution < -0.4 is 0 Å². The van der Waals surface area contributed by atoms with Gasteiger partial charge in [-0.2, -0.15) is 0 Å². The molecule has 0 aromatic heterocycles. The number of benzene rings is 2. The lowest BCUT2D eigenvalue weighted by Gasteiger charge is -1.93. The summed E-state index contributed by atoms with van der Waals surface area (Å²) < 4.78 is 0. The van der Waals surface area contributed by atoms with Gasteiger partial charge in [-0.25, -0.2) is 0 Å². The molecule has 2 rings (SSSR count). The minimum atomic E-state index is 0.801. The highest BCUT2D eigenvalue weighted by Crippen LogP contribution is 2.15. The van der Waals surface area contributed by atoms with Crippen molar-refractivity contribution in [1.82, 2.24) is 0 Å². The van der Waals surface area contributed by atoms with E-state index in [0.717, 1.165) is 10.8 Å². The Morgan fingerprint density at radius 1 is 0.941 bits per heavy atom. The van der Waals surface area contributed by atoms with E-state index in [1.54, 1.807) is 0 Å². The molecule has 0 unspecified atom stereocenters. The predicted molar refractivity (Wildman–Crippen MR) is 79.0 cm³/mol. The third kappa shape index (κ3) is 6.40. The van der Waals surface area contributed by atoms with Crippen LogP contribution in [0.4, 0.5) is 0 Å². The first-order chi connectivity index (χ1) is 8.22. The van der Waals surface area contributed by atoms with Crippen molar-refractivity contribution in [3.05, 3.63) is 65.2 Å². The summed E-state index contributed by atoms with van der Waals surface area (Å²) in [6.07, 6.45) is 0. The summed E-state index contributed by atoms with van der Waals surface area (Å²) in [6, 6.07) is 18.2. The average Bonchev–Trinajstić information content (AvgIpc) is 2.36. The Labute approximate surface area is 113 Å². The summed E-state index contributed by atoms with van der Waals surface area (Å²) in [4.78, 5) is 1.36. The molecular weight excluding hydrogens is 248 g/mol. The van der Waals surface area contributed by atoms with Crippen LogP contribution in [0.1, 0.15) is 12.5 Å². The van der Waals surface area contributed by atoms with Crippen molar-refractivity contribution in [2.75, 3.05) is 5.75 Å². The second kappa shape index (κ2) is 8.21. The Bertz CT molecular complexity index is 388. The summed E-state index contributed by atoms with van der Waals surface area (Å²) in [5, 5.41) is 0.801. The van der Waals surface area contributed by atoms with Crippen molar-refractivity contribution in [2.24, 2.45) is 0 Å². The molecule has 17 heavy (non-hydrogen) atoms. The monoisotopic (exact) mass is 264 g/mol. The minimum absolute atomic E-state index is 0.801. The van der Waals surface area contributed by atoms with Gasteiger partial charge in [-0.1, -0.05) is 54.4 Å². The highest BCUT2D eigenvalue weighted by molar-refractivity contribution is 7.99. The van der Waals surface area contributed by atoms with Crippen molar-refractivity contribution in [3.8, 4) is 0 Å². The number of hydrogen-bond acceptors (Lipinski definition) is 1. The van der Waals surface area contributed by atoms with Gasteiger partial charge in [0, 0.05) is 9.92 Å². The third-order valence-corrected chi connectivity index (χ3v) is 3.21. The number of aryl methyl sites for hydroxylation is 1. The Balaban J connectivity index is 0.000000171. The summed E-state index contributed by atoms with van der Waals surface area (Å²) in [5.74, 6) is 1.16. The number of rotatable bonds is 2. The molecule has 0 N–H and O–H groups in total. The summed E-state index contributed by atoms with van der Waals surface area (Å²) in [7, 11) is 0. The zero-order valence-electron chi connectivity index (χ0n) is 10.2. The molecule has 0 heterocycles. The van der Waals surface area contributed by atoms with Gasteiger partial charge in [0.1, 0.15) is 0 Å². The highest BCUT2D eigenvalue weighted by atomic mass is 35.5. The van der Waals surface area contributed by atoms with Crippen LogP contribution in [-0.4, -0.2) is 5.75 Å². The van der Waals surface area contributed by atoms with Gasteiger partial charge in [-0.15, -0.1) is 11.8 Å². The van der Waals surface area contributed by atoms with Crippen molar-refractivity contribution in [2.45, 2.75) is 18.7 Å².